The fourth-order valence-electron chi connectivity index (χ4n) is 0.604. The predicted molar refractivity (Wildman–Crippen MR) is 34.1 cm³/mol. The van der Waals surface area contributed by atoms with Crippen molar-refractivity contribution in [1.82, 2.24) is 0 Å². The molecule has 0 aromatic heterocycles. The maximum absolute atomic E-state index is 2.23. The Balaban J connectivity index is 0. The van der Waals surface area contributed by atoms with E-state index in [2.05, 4.69) is 20.8 Å². The van der Waals surface area contributed by atoms with Gasteiger partial charge in [0.15, 0.2) is 0 Å². The monoisotopic (exact) mass is 188 g/mol. The van der Waals surface area contributed by atoms with Crippen molar-refractivity contribution in [3.8, 4) is 0 Å². The zero-order valence-electron chi connectivity index (χ0n) is 6.20. The molecule has 0 unspecified atom stereocenters. The molecule has 0 nitrogen and oxygen atoms in total. The summed E-state index contributed by atoms with van der Waals surface area (Å²) in [7, 11) is 0. The quantitative estimate of drug-likeness (QED) is 0.597. The van der Waals surface area contributed by atoms with E-state index < -0.39 is 0 Å². The first kappa shape index (κ1) is 11.8. The predicted octanol–water partition coefficient (Wildman–Crippen LogP) is 2.79. The van der Waals surface area contributed by atoms with Gasteiger partial charge in [0.1, 0.15) is 0 Å². The van der Waals surface area contributed by atoms with Crippen LogP contribution >= 0.6 is 0 Å². The Hall–Kier alpha value is 1.10. The summed E-state index contributed by atoms with van der Waals surface area (Å²) in [5.41, 5.74) is 0. The maximum Gasteiger partial charge on any atom is 3.00 e. The van der Waals surface area contributed by atoms with E-state index in [1.54, 1.807) is 5.92 Å². The van der Waals surface area contributed by atoms with E-state index in [0.717, 1.165) is 0 Å². The van der Waals surface area contributed by atoms with E-state index in [-0.39, 0.29) is 32.7 Å². The van der Waals surface area contributed by atoms with Crippen LogP contribution in [0.3, 0.4) is 0 Å². The van der Waals surface area contributed by atoms with Crippen LogP contribution in [0.4, 0.5) is 0 Å². The molecule has 8 heavy (non-hydrogen) atoms. The van der Waals surface area contributed by atoms with Gasteiger partial charge in [-0.1, -0.05) is 20.3 Å². The molecule has 0 rings (SSSR count). The van der Waals surface area contributed by atoms with Crippen molar-refractivity contribution < 1.29 is 32.7 Å². The molecule has 0 N–H and O–H groups in total. The van der Waals surface area contributed by atoms with Gasteiger partial charge in [-0.25, -0.2) is 0 Å². The topological polar surface area (TPSA) is 0 Å². The summed E-state index contributed by atoms with van der Waals surface area (Å²) in [6.07, 6.45) is 3.88. The molecule has 44 valence electrons. The molecule has 1 heteroatoms. The molecule has 0 heterocycles. The van der Waals surface area contributed by atoms with Gasteiger partial charge in [-0.2, -0.15) is 19.8 Å². The second-order valence-electron chi connectivity index (χ2n) is 2.06. The van der Waals surface area contributed by atoms with Crippen LogP contribution in [0, 0.1) is 5.92 Å². The van der Waals surface area contributed by atoms with E-state index in [1.165, 1.54) is 19.3 Å². The zero-order chi connectivity index (χ0) is 5.70. The molecule has 0 aliphatic rings. The first-order valence-corrected chi connectivity index (χ1v) is 3.12. The Morgan fingerprint density at radius 3 is 1.88 bits per heavy atom. The van der Waals surface area contributed by atoms with Crippen molar-refractivity contribution in [3.05, 3.63) is 5.92 Å². The summed E-state index contributed by atoms with van der Waals surface area (Å²) in [6, 6.07) is 0. The smallest absolute Gasteiger partial charge is 0.317 e. The normalized spacial score (nSPS) is 9.00. The molecule has 0 bridgehead atoms. The van der Waals surface area contributed by atoms with Crippen molar-refractivity contribution in [2.45, 2.75) is 40.0 Å². The van der Waals surface area contributed by atoms with Crippen LogP contribution in [0.1, 0.15) is 40.0 Å². The largest absolute Gasteiger partial charge is 3.00 e. The van der Waals surface area contributed by atoms with Crippen molar-refractivity contribution in [1.29, 1.82) is 0 Å². The number of hydrogen-bond acceptors (Lipinski definition) is 0. The minimum absolute atomic E-state index is 0. The van der Waals surface area contributed by atoms with Crippen LogP contribution in [0.25, 0.3) is 0 Å². The van der Waals surface area contributed by atoms with Gasteiger partial charge in [0, 0.05) is 0 Å². The fraction of sp³-hybridized carbons (Fsp3) is 0.857. The van der Waals surface area contributed by atoms with Gasteiger partial charge in [-0.05, 0) is 0 Å². The zero-order valence-corrected chi connectivity index (χ0v) is 9.04. The van der Waals surface area contributed by atoms with Gasteiger partial charge in [0.25, 0.3) is 0 Å². The number of hydrogen-bond donors (Lipinski definition) is 0. The first-order chi connectivity index (χ1) is 3.31. The van der Waals surface area contributed by atoms with Crippen molar-refractivity contribution in [3.63, 3.8) is 0 Å². The minimum Gasteiger partial charge on any atom is -0.317 e. The van der Waals surface area contributed by atoms with Crippen molar-refractivity contribution in [2.75, 3.05) is 0 Å². The summed E-state index contributed by atoms with van der Waals surface area (Å²) >= 11 is 0. The van der Waals surface area contributed by atoms with Gasteiger partial charge in [0.05, 0.1) is 0 Å². The van der Waals surface area contributed by atoms with E-state index in [1.807, 2.05) is 0 Å². The molecule has 0 fully saturated rings. The molecule has 0 aromatic carbocycles. The maximum atomic E-state index is 2.23. The Morgan fingerprint density at radius 1 is 1.25 bits per heavy atom. The molecule has 0 aromatic rings. The van der Waals surface area contributed by atoms with Gasteiger partial charge < -0.3 is 5.92 Å². The SMILES string of the molecule is CCC[C-](C)CC.[Y+3]. The molecule has 0 saturated heterocycles. The van der Waals surface area contributed by atoms with E-state index in [0.29, 0.717) is 0 Å². The second kappa shape index (κ2) is 8.10. The van der Waals surface area contributed by atoms with Crippen LogP contribution < -0.4 is 0 Å². The Morgan fingerprint density at radius 2 is 1.75 bits per heavy atom. The third-order valence-electron chi connectivity index (χ3n) is 1.28. The number of rotatable bonds is 3. The molecule has 0 spiro atoms. The standard InChI is InChI=1S/C7H15.Y/c1-4-6-7(3)5-2;/h4-6H2,1-3H3;/q-1;+3. The molecular weight excluding hydrogens is 173 g/mol. The Bertz CT molecular complexity index is 35.4. The minimum atomic E-state index is 0. The van der Waals surface area contributed by atoms with Gasteiger partial charge in [0.2, 0.25) is 0 Å². The summed E-state index contributed by atoms with van der Waals surface area (Å²) in [5.74, 6) is 1.63. The van der Waals surface area contributed by atoms with Crippen LogP contribution in [0.2, 0.25) is 0 Å². The van der Waals surface area contributed by atoms with Gasteiger partial charge >= 0.3 is 32.7 Å². The average molecular weight is 188 g/mol. The molecule has 0 aliphatic carbocycles. The summed E-state index contributed by atoms with van der Waals surface area (Å²) < 4.78 is 0. The van der Waals surface area contributed by atoms with Crippen LogP contribution in [-0.2, 0) is 32.7 Å². The third kappa shape index (κ3) is 7.10. The summed E-state index contributed by atoms with van der Waals surface area (Å²) in [5, 5.41) is 0. The Kier molecular flexibility index (Phi) is 12.0. The van der Waals surface area contributed by atoms with Crippen molar-refractivity contribution in [2.24, 2.45) is 0 Å². The van der Waals surface area contributed by atoms with Crippen molar-refractivity contribution >= 4 is 0 Å². The molecule has 0 atom stereocenters. The fourth-order valence-corrected chi connectivity index (χ4v) is 0.604. The average Bonchev–Trinajstić information content (AvgIpc) is 1.68. The molecule has 0 radical (unpaired) electrons. The summed E-state index contributed by atoms with van der Waals surface area (Å²) in [6.45, 7) is 6.66. The van der Waals surface area contributed by atoms with E-state index in [9.17, 15) is 0 Å². The second-order valence-corrected chi connectivity index (χ2v) is 2.06. The third-order valence-corrected chi connectivity index (χ3v) is 1.28. The molecule has 0 amide bonds. The van der Waals surface area contributed by atoms with E-state index in [4.69, 9.17) is 0 Å². The van der Waals surface area contributed by atoms with Crippen LogP contribution in [0.15, 0.2) is 0 Å². The first-order valence-electron chi connectivity index (χ1n) is 3.12. The molecular formula is C7H15Y+2. The van der Waals surface area contributed by atoms with E-state index >= 15 is 0 Å². The van der Waals surface area contributed by atoms with Crippen LogP contribution in [-0.4, -0.2) is 0 Å². The van der Waals surface area contributed by atoms with Crippen LogP contribution in [0.5, 0.6) is 0 Å². The molecule has 0 aliphatic heterocycles. The van der Waals surface area contributed by atoms with Gasteiger partial charge in [-0.15, -0.1) is 0 Å². The summed E-state index contributed by atoms with van der Waals surface area (Å²) in [4.78, 5) is 0. The molecule has 0 saturated carbocycles. The van der Waals surface area contributed by atoms with Gasteiger partial charge in [-0.3, -0.25) is 0 Å². The Labute approximate surface area is 78.3 Å².